The Balaban J connectivity index is 5.27. The molecule has 0 bridgehead atoms. The summed E-state index contributed by atoms with van der Waals surface area (Å²) in [5, 5.41) is 10.6. The Morgan fingerprint density at radius 1 is 0.290 bits per heavy atom. The van der Waals surface area contributed by atoms with Gasteiger partial charge in [0.25, 0.3) is 0 Å². The summed E-state index contributed by atoms with van der Waals surface area (Å²) in [6, 6.07) is 0. The van der Waals surface area contributed by atoms with Crippen molar-refractivity contribution in [2.75, 3.05) is 39.6 Å². The highest BCUT2D eigenvalue weighted by molar-refractivity contribution is 7.47. The minimum absolute atomic E-state index is 0.106. The number of ether oxygens (including phenoxy) is 4. The van der Waals surface area contributed by atoms with Crippen LogP contribution in [0.4, 0.5) is 0 Å². The number of aliphatic hydroxyl groups is 1. The lowest BCUT2D eigenvalue weighted by Crippen LogP contribution is -2.30. The van der Waals surface area contributed by atoms with Gasteiger partial charge in [0, 0.05) is 25.7 Å². The van der Waals surface area contributed by atoms with Gasteiger partial charge in [0.2, 0.25) is 0 Å². The topological polar surface area (TPSA) is 237 Å². The summed E-state index contributed by atoms with van der Waals surface area (Å²) in [7, 11) is -9.91. The summed E-state index contributed by atoms with van der Waals surface area (Å²) < 4.78 is 68.5. The third kappa shape index (κ3) is 68.4. The number of hydrogen-bond donors (Lipinski definition) is 3. The molecule has 0 aliphatic carbocycles. The largest absolute Gasteiger partial charge is 0.472 e. The van der Waals surface area contributed by atoms with E-state index in [0.717, 1.165) is 108 Å². The van der Waals surface area contributed by atoms with E-state index < -0.39 is 97.5 Å². The van der Waals surface area contributed by atoms with Crippen molar-refractivity contribution < 1.29 is 80.2 Å². The second-order valence-corrected chi connectivity index (χ2v) is 31.0. The molecule has 93 heavy (non-hydrogen) atoms. The van der Waals surface area contributed by atoms with Crippen LogP contribution in [0.5, 0.6) is 0 Å². The molecule has 17 nitrogen and oxygen atoms in total. The number of phosphoric acid groups is 2. The van der Waals surface area contributed by atoms with E-state index in [1.54, 1.807) is 0 Å². The average molecular weight is 1370 g/mol. The molecular weight excluding hydrogens is 1220 g/mol. The first-order valence-electron chi connectivity index (χ1n) is 38.3. The van der Waals surface area contributed by atoms with Gasteiger partial charge in [-0.15, -0.1) is 0 Å². The van der Waals surface area contributed by atoms with E-state index in [0.29, 0.717) is 25.7 Å². The SMILES string of the molecule is CCCCCCCCCCCCCCC(=O)OC[C@H](COP(=O)(O)OC[C@H](O)COP(=O)(O)OC[C@@H](COC(=O)CCCCCCCCCCCCCC(C)C)OC(=O)CCCCCCCCCCCCCC(C)C)OC(=O)CCCCCCCCCCCCC(C)C. The molecule has 0 saturated heterocycles. The molecular formula is C74H144O17P2. The van der Waals surface area contributed by atoms with Crippen molar-refractivity contribution in [3.05, 3.63) is 0 Å². The Hall–Kier alpha value is -1.94. The van der Waals surface area contributed by atoms with E-state index >= 15 is 0 Å². The first-order chi connectivity index (χ1) is 44.7. The third-order valence-electron chi connectivity index (χ3n) is 17.1. The molecule has 0 saturated carbocycles. The van der Waals surface area contributed by atoms with Crippen LogP contribution in [-0.4, -0.2) is 96.7 Å². The number of unbranched alkanes of at least 4 members (excludes halogenated alkanes) is 40. The Morgan fingerprint density at radius 3 is 0.731 bits per heavy atom. The number of carbonyl (C=O) groups excluding carboxylic acids is 4. The van der Waals surface area contributed by atoms with E-state index in [1.165, 1.54) is 186 Å². The Kier molecular flexibility index (Phi) is 63.4. The second kappa shape index (κ2) is 64.7. The van der Waals surface area contributed by atoms with Gasteiger partial charge in [0.1, 0.15) is 19.3 Å². The van der Waals surface area contributed by atoms with E-state index in [9.17, 15) is 43.2 Å². The van der Waals surface area contributed by atoms with Crippen molar-refractivity contribution in [3.63, 3.8) is 0 Å². The highest BCUT2D eigenvalue weighted by atomic mass is 31.2. The highest BCUT2D eigenvalue weighted by Crippen LogP contribution is 2.45. The molecule has 5 atom stereocenters. The van der Waals surface area contributed by atoms with Gasteiger partial charge < -0.3 is 33.8 Å². The minimum atomic E-state index is -4.96. The van der Waals surface area contributed by atoms with E-state index in [4.69, 9.17) is 37.0 Å². The lowest BCUT2D eigenvalue weighted by molar-refractivity contribution is -0.161. The van der Waals surface area contributed by atoms with Crippen LogP contribution in [0.3, 0.4) is 0 Å². The molecule has 552 valence electrons. The molecule has 0 aromatic heterocycles. The van der Waals surface area contributed by atoms with Gasteiger partial charge >= 0.3 is 39.5 Å². The highest BCUT2D eigenvalue weighted by Gasteiger charge is 2.30. The van der Waals surface area contributed by atoms with Crippen LogP contribution in [0.2, 0.25) is 0 Å². The first-order valence-corrected chi connectivity index (χ1v) is 41.3. The van der Waals surface area contributed by atoms with Crippen LogP contribution in [0, 0.1) is 17.8 Å². The van der Waals surface area contributed by atoms with Crippen LogP contribution in [0.1, 0.15) is 376 Å². The fraction of sp³-hybridized carbons (Fsp3) is 0.946. The molecule has 0 aromatic carbocycles. The third-order valence-corrected chi connectivity index (χ3v) is 19.0. The average Bonchev–Trinajstić information content (AvgIpc) is 1.68. The van der Waals surface area contributed by atoms with Gasteiger partial charge in [0.15, 0.2) is 12.2 Å². The van der Waals surface area contributed by atoms with E-state index in [2.05, 4.69) is 48.5 Å². The molecule has 0 aliphatic rings. The fourth-order valence-corrected chi connectivity index (χ4v) is 12.8. The van der Waals surface area contributed by atoms with E-state index in [1.807, 2.05) is 0 Å². The van der Waals surface area contributed by atoms with Crippen molar-refractivity contribution >= 4 is 39.5 Å². The molecule has 19 heteroatoms. The van der Waals surface area contributed by atoms with Crippen LogP contribution in [0.15, 0.2) is 0 Å². The number of rotatable bonds is 72. The van der Waals surface area contributed by atoms with Crippen molar-refractivity contribution in [2.45, 2.75) is 394 Å². The lowest BCUT2D eigenvalue weighted by atomic mass is 10.0. The summed E-state index contributed by atoms with van der Waals surface area (Å²) in [5.41, 5.74) is 0. The maximum absolute atomic E-state index is 13.1. The zero-order valence-corrected chi connectivity index (χ0v) is 62.5. The summed E-state index contributed by atoms with van der Waals surface area (Å²) >= 11 is 0. The number of esters is 4. The normalized spacial score (nSPS) is 14.1. The minimum Gasteiger partial charge on any atom is -0.462 e. The van der Waals surface area contributed by atoms with Gasteiger partial charge in [0.05, 0.1) is 26.4 Å². The Morgan fingerprint density at radius 2 is 0.495 bits per heavy atom. The van der Waals surface area contributed by atoms with Gasteiger partial charge in [-0.05, 0) is 43.4 Å². The molecule has 3 N–H and O–H groups in total. The molecule has 0 aliphatic heterocycles. The van der Waals surface area contributed by atoms with Crippen LogP contribution >= 0.6 is 15.6 Å². The predicted octanol–water partition coefficient (Wildman–Crippen LogP) is 21.4. The molecule has 2 unspecified atom stereocenters. The van der Waals surface area contributed by atoms with Gasteiger partial charge in [-0.25, -0.2) is 9.13 Å². The quantitative estimate of drug-likeness (QED) is 0.0222. The second-order valence-electron chi connectivity index (χ2n) is 28.1. The molecule has 0 amide bonds. The number of phosphoric ester groups is 2. The van der Waals surface area contributed by atoms with Gasteiger partial charge in [-0.3, -0.25) is 37.3 Å². The van der Waals surface area contributed by atoms with Crippen LogP contribution in [0.25, 0.3) is 0 Å². The molecule has 0 aromatic rings. The van der Waals surface area contributed by atoms with Gasteiger partial charge in [-0.2, -0.15) is 0 Å². The van der Waals surface area contributed by atoms with Crippen LogP contribution < -0.4 is 0 Å². The molecule has 0 fully saturated rings. The Labute approximate surface area is 568 Å². The summed E-state index contributed by atoms with van der Waals surface area (Å²) in [5.74, 6) is 0.169. The maximum Gasteiger partial charge on any atom is 0.472 e. The summed E-state index contributed by atoms with van der Waals surface area (Å²) in [6.45, 7) is 11.9. The molecule has 0 radical (unpaired) electrons. The predicted molar refractivity (Wildman–Crippen MR) is 377 cm³/mol. The smallest absolute Gasteiger partial charge is 0.462 e. The maximum atomic E-state index is 13.1. The number of hydrogen-bond acceptors (Lipinski definition) is 15. The fourth-order valence-electron chi connectivity index (χ4n) is 11.2. The number of aliphatic hydroxyl groups excluding tert-OH is 1. The summed E-state index contributed by atoms with van der Waals surface area (Å²) in [6.07, 6.45) is 49.8. The van der Waals surface area contributed by atoms with Crippen LogP contribution in [-0.2, 0) is 65.4 Å². The zero-order valence-electron chi connectivity index (χ0n) is 60.7. The van der Waals surface area contributed by atoms with Crippen molar-refractivity contribution in [1.29, 1.82) is 0 Å². The van der Waals surface area contributed by atoms with Crippen molar-refractivity contribution in [1.82, 2.24) is 0 Å². The number of carbonyl (C=O) groups is 4. The standard InChI is InChI=1S/C74H144O17P2/c1-8-9-10-11-12-13-14-19-27-34-41-48-55-71(76)84-62-70(91-74(79)58-51-44-37-30-23-22-26-33-40-47-54-67(6)7)64-89-93(82,83)87-60-68(75)59-86-92(80,81)88-63-69(90-73(78)57-50-43-36-29-21-16-18-25-32-39-46-53-66(4)5)61-85-72(77)56-49-42-35-28-20-15-17-24-31-38-45-52-65(2)3/h65-70,75H,8-64H2,1-7H3,(H,80,81)(H,82,83)/t68-,69-,70-/m1/s1. The van der Waals surface area contributed by atoms with Crippen molar-refractivity contribution in [3.8, 4) is 0 Å². The first kappa shape index (κ1) is 91.1. The molecule has 0 spiro atoms. The van der Waals surface area contributed by atoms with Gasteiger partial charge in [-0.1, -0.05) is 325 Å². The monoisotopic (exact) mass is 1370 g/mol. The van der Waals surface area contributed by atoms with E-state index in [-0.39, 0.29) is 25.7 Å². The van der Waals surface area contributed by atoms with Crippen molar-refractivity contribution in [2.24, 2.45) is 17.8 Å². The molecule has 0 heterocycles. The molecule has 0 rings (SSSR count). The zero-order chi connectivity index (χ0) is 68.7. The Bertz CT molecular complexity index is 1820. The lowest BCUT2D eigenvalue weighted by Gasteiger charge is -2.21. The summed E-state index contributed by atoms with van der Waals surface area (Å²) in [4.78, 5) is 72.8.